The molecule has 4 rings (SSSR count). The van der Waals surface area contributed by atoms with Gasteiger partial charge in [-0.1, -0.05) is 23.2 Å². The van der Waals surface area contributed by atoms with Crippen molar-refractivity contribution in [3.8, 4) is 23.6 Å². The van der Waals surface area contributed by atoms with Crippen molar-refractivity contribution in [1.82, 2.24) is 29.7 Å². The minimum absolute atomic E-state index is 0.0265. The first-order valence-electron chi connectivity index (χ1n) is 13.3. The molecular weight excluding hydrogens is 703 g/mol. The highest BCUT2D eigenvalue weighted by Gasteiger charge is 2.18. The third-order valence-corrected chi connectivity index (χ3v) is 6.13. The number of phenolic OH excluding ortho intramolecular Hbond substituents is 1. The van der Waals surface area contributed by atoms with Crippen LogP contribution >= 0.6 is 34.8 Å². The van der Waals surface area contributed by atoms with E-state index in [0.717, 1.165) is 0 Å². The van der Waals surface area contributed by atoms with Crippen molar-refractivity contribution in [3.05, 3.63) is 93.7 Å². The van der Waals surface area contributed by atoms with Gasteiger partial charge >= 0.3 is 11.5 Å². The zero-order chi connectivity index (χ0) is 36.7. The van der Waals surface area contributed by atoms with Gasteiger partial charge in [-0.15, -0.1) is 0 Å². The molecule has 4 amide bonds. The van der Waals surface area contributed by atoms with E-state index in [-0.39, 0.29) is 45.6 Å². The van der Waals surface area contributed by atoms with Crippen LogP contribution in [0.2, 0.25) is 10.0 Å². The Labute approximate surface area is 294 Å². The van der Waals surface area contributed by atoms with Crippen molar-refractivity contribution in [2.45, 2.75) is 0 Å². The molecular formula is C30H25Cl3N10O6. The maximum atomic E-state index is 12.4. The van der Waals surface area contributed by atoms with E-state index in [4.69, 9.17) is 50.1 Å². The summed E-state index contributed by atoms with van der Waals surface area (Å²) in [6.45, 7) is 0. The molecule has 0 fully saturated rings. The second-order valence-corrected chi connectivity index (χ2v) is 10.6. The fourth-order valence-corrected chi connectivity index (χ4v) is 3.26. The number of nitrogens with zero attached hydrogens (tertiary/aromatic N) is 8. The van der Waals surface area contributed by atoms with Crippen LogP contribution < -0.4 is 15.4 Å². The summed E-state index contributed by atoms with van der Waals surface area (Å²) in [7, 11) is 6.22. The Morgan fingerprint density at radius 1 is 0.735 bits per heavy atom. The van der Waals surface area contributed by atoms with Gasteiger partial charge in [0, 0.05) is 38.2 Å². The van der Waals surface area contributed by atoms with Crippen LogP contribution in [0.3, 0.4) is 0 Å². The highest BCUT2D eigenvalue weighted by molar-refractivity contribution is 6.62. The first-order chi connectivity index (χ1) is 23.1. The van der Waals surface area contributed by atoms with Crippen LogP contribution in [-0.2, 0) is 0 Å². The van der Waals surface area contributed by atoms with Gasteiger partial charge in [-0.25, -0.2) is 24.7 Å². The zero-order valence-electron chi connectivity index (χ0n) is 26.0. The molecule has 252 valence electrons. The number of amides is 4. The molecule has 0 atom stereocenters. The molecule has 3 N–H and O–H groups in total. The number of carbonyl (C=O) groups excluding carboxylic acids is 4. The van der Waals surface area contributed by atoms with Crippen LogP contribution in [0.15, 0.2) is 61.2 Å². The summed E-state index contributed by atoms with van der Waals surface area (Å²) in [4.78, 5) is 63.6. The summed E-state index contributed by atoms with van der Waals surface area (Å²) >= 11 is 16.6. The first-order valence-corrected chi connectivity index (χ1v) is 14.4. The average Bonchev–Trinajstić information content (AvgIpc) is 3.07. The summed E-state index contributed by atoms with van der Waals surface area (Å²) in [5.41, 5.74) is 0.350. The lowest BCUT2D eigenvalue weighted by atomic mass is 10.2. The molecule has 0 aliphatic rings. The van der Waals surface area contributed by atoms with Crippen LogP contribution in [0.4, 0.5) is 21.2 Å². The number of phenols is 1. The van der Waals surface area contributed by atoms with E-state index in [1.165, 1.54) is 85.1 Å². The molecule has 0 bridgehead atoms. The number of nitriles is 2. The first kappa shape index (κ1) is 39.1. The summed E-state index contributed by atoms with van der Waals surface area (Å²) in [6, 6.07) is 12.0. The van der Waals surface area contributed by atoms with Crippen LogP contribution in [0, 0.1) is 22.7 Å². The average molecular weight is 728 g/mol. The van der Waals surface area contributed by atoms with Gasteiger partial charge in [-0.3, -0.25) is 14.4 Å². The lowest BCUT2D eigenvalue weighted by Gasteiger charge is -2.14. The number of aromatic hydroxyl groups is 1. The highest BCUT2D eigenvalue weighted by Crippen LogP contribution is 2.25. The standard InChI is InChI=1S/C15H12ClN5O3.C12H7ClN4O2.C3H6ClNO/c1-21(2)15(23)24-12-4-3-9(16)5-11(12)14(22)20-13-8-18-10(6-17)7-19-13;13-7-1-2-10(18)9(3-7)12(19)17-11-6-15-8(4-14)5-16-11;1-5(2)3(4)6/h3-5,7-8H,1-2H3,(H,19,20,22);1-3,5-6,18H,(H,16,17,19);1-2H3. The molecule has 49 heavy (non-hydrogen) atoms. The van der Waals surface area contributed by atoms with E-state index in [1.807, 2.05) is 12.1 Å². The van der Waals surface area contributed by atoms with Crippen molar-refractivity contribution in [3.63, 3.8) is 0 Å². The number of carbonyl (C=O) groups is 4. The summed E-state index contributed by atoms with van der Waals surface area (Å²) in [6.07, 6.45) is 4.31. The van der Waals surface area contributed by atoms with Crippen molar-refractivity contribution >= 4 is 69.7 Å². The highest BCUT2D eigenvalue weighted by atomic mass is 35.5. The maximum absolute atomic E-state index is 12.4. The van der Waals surface area contributed by atoms with Crippen LogP contribution in [0.1, 0.15) is 32.1 Å². The van der Waals surface area contributed by atoms with Crippen LogP contribution in [0.25, 0.3) is 0 Å². The van der Waals surface area contributed by atoms with Crippen molar-refractivity contribution in [2.24, 2.45) is 0 Å². The minimum Gasteiger partial charge on any atom is -0.507 e. The normalized spacial score (nSPS) is 9.49. The van der Waals surface area contributed by atoms with E-state index < -0.39 is 23.3 Å². The second-order valence-electron chi connectivity index (χ2n) is 9.42. The molecule has 0 saturated carbocycles. The van der Waals surface area contributed by atoms with Crippen molar-refractivity contribution < 1.29 is 29.0 Å². The molecule has 0 aliphatic heterocycles. The molecule has 0 saturated heterocycles. The number of halogens is 3. The predicted octanol–water partition coefficient (Wildman–Crippen LogP) is 5.18. The predicted molar refractivity (Wildman–Crippen MR) is 179 cm³/mol. The molecule has 0 spiro atoms. The zero-order valence-corrected chi connectivity index (χ0v) is 28.2. The number of ether oxygens (including phenoxy) is 1. The third kappa shape index (κ3) is 12.9. The van der Waals surface area contributed by atoms with Gasteiger partial charge in [0.2, 0.25) is 0 Å². The molecule has 2 aromatic carbocycles. The van der Waals surface area contributed by atoms with E-state index in [2.05, 4.69) is 30.6 Å². The van der Waals surface area contributed by atoms with Crippen molar-refractivity contribution in [2.75, 3.05) is 38.8 Å². The molecule has 2 heterocycles. The van der Waals surface area contributed by atoms with E-state index in [9.17, 15) is 24.3 Å². The topological polar surface area (TPSA) is 227 Å². The molecule has 2 aromatic heterocycles. The van der Waals surface area contributed by atoms with Gasteiger partial charge in [0.05, 0.1) is 35.9 Å². The number of hydrogen-bond acceptors (Lipinski definition) is 12. The van der Waals surface area contributed by atoms with E-state index in [0.29, 0.717) is 10.0 Å². The lowest BCUT2D eigenvalue weighted by Crippen LogP contribution is -2.26. The Balaban J connectivity index is 0.000000297. The Bertz CT molecular complexity index is 1890. The third-order valence-electron chi connectivity index (χ3n) is 5.32. The number of hydrogen-bond donors (Lipinski definition) is 3. The molecule has 0 radical (unpaired) electrons. The number of rotatable bonds is 5. The van der Waals surface area contributed by atoms with Gasteiger partial charge in [0.25, 0.3) is 11.8 Å². The SMILES string of the molecule is CN(C)C(=O)Cl.CN(C)C(=O)Oc1ccc(Cl)cc1C(=O)Nc1cnc(C#N)cn1.N#Cc1cnc(NC(=O)c2cc(Cl)ccc2O)cn1. The number of nitrogens with one attached hydrogen (secondary N) is 2. The van der Waals surface area contributed by atoms with Gasteiger partial charge in [0.15, 0.2) is 23.0 Å². The molecule has 4 aromatic rings. The number of aromatic nitrogens is 4. The molecule has 0 aliphatic carbocycles. The van der Waals surface area contributed by atoms with Gasteiger partial charge in [-0.05, 0) is 48.0 Å². The fraction of sp³-hybridized carbons (Fsp3) is 0.133. The monoisotopic (exact) mass is 726 g/mol. The quantitative estimate of drug-likeness (QED) is 0.178. The van der Waals surface area contributed by atoms with Gasteiger partial charge < -0.3 is 30.3 Å². The molecule has 16 nitrogen and oxygen atoms in total. The molecule has 19 heteroatoms. The molecule has 0 unspecified atom stereocenters. The Kier molecular flexibility index (Phi) is 15.1. The Morgan fingerprint density at radius 2 is 1.18 bits per heavy atom. The van der Waals surface area contributed by atoms with Gasteiger partial charge in [-0.2, -0.15) is 10.5 Å². The smallest absolute Gasteiger partial charge is 0.414 e. The second kappa shape index (κ2) is 18.9. The number of anilines is 2. The summed E-state index contributed by atoms with van der Waals surface area (Å²) < 4.78 is 5.15. The summed E-state index contributed by atoms with van der Waals surface area (Å²) in [5, 5.41) is 31.9. The van der Waals surface area contributed by atoms with Gasteiger partial charge in [0.1, 0.15) is 23.6 Å². The summed E-state index contributed by atoms with van der Waals surface area (Å²) in [5.74, 6) is -0.981. The largest absolute Gasteiger partial charge is 0.507 e. The van der Waals surface area contributed by atoms with E-state index >= 15 is 0 Å². The Morgan fingerprint density at radius 3 is 1.59 bits per heavy atom. The maximum Gasteiger partial charge on any atom is 0.414 e. The van der Waals surface area contributed by atoms with Crippen molar-refractivity contribution in [1.29, 1.82) is 10.5 Å². The van der Waals surface area contributed by atoms with Crippen LogP contribution in [-0.4, -0.2) is 86.3 Å². The lowest BCUT2D eigenvalue weighted by molar-refractivity contribution is 0.101. The number of benzene rings is 2. The fourth-order valence-electron chi connectivity index (χ4n) is 2.91. The van der Waals surface area contributed by atoms with Crippen LogP contribution in [0.5, 0.6) is 11.5 Å². The Hall–Kier alpha value is -6.07. The van der Waals surface area contributed by atoms with E-state index in [1.54, 1.807) is 14.1 Å². The minimum atomic E-state index is -0.635.